The molecule has 0 N–H and O–H groups in total. The maximum absolute atomic E-state index is 13.2. The van der Waals surface area contributed by atoms with Gasteiger partial charge in [0.2, 0.25) is 5.91 Å². The van der Waals surface area contributed by atoms with E-state index in [1.807, 2.05) is 24.0 Å². The third-order valence-electron chi connectivity index (χ3n) is 6.71. The summed E-state index contributed by atoms with van der Waals surface area (Å²) >= 11 is 0. The normalized spacial score (nSPS) is 22.7. The van der Waals surface area contributed by atoms with Crippen molar-refractivity contribution in [1.82, 2.24) is 19.7 Å². The molecule has 164 valence electrons. The van der Waals surface area contributed by atoms with E-state index in [2.05, 4.69) is 14.8 Å². The van der Waals surface area contributed by atoms with E-state index in [-0.39, 0.29) is 17.9 Å². The van der Waals surface area contributed by atoms with Gasteiger partial charge in [-0.1, -0.05) is 12.5 Å². The Hall–Kier alpha value is -1.99. The van der Waals surface area contributed by atoms with Crippen LogP contribution in [0.1, 0.15) is 48.3 Å². The highest BCUT2D eigenvalue weighted by molar-refractivity contribution is 5.92. The number of morpholine rings is 1. The van der Waals surface area contributed by atoms with Gasteiger partial charge in [0.15, 0.2) is 0 Å². The van der Waals surface area contributed by atoms with Crippen LogP contribution in [0.2, 0.25) is 0 Å². The molecule has 0 radical (unpaired) electrons. The molecule has 1 atom stereocenters. The lowest BCUT2D eigenvalue weighted by Crippen LogP contribution is -2.48. The largest absolute Gasteiger partial charge is 0.379 e. The summed E-state index contributed by atoms with van der Waals surface area (Å²) in [6.45, 7) is 8.55. The number of carbonyl (C=O) groups excluding carboxylic acids is 2. The van der Waals surface area contributed by atoms with Crippen LogP contribution in [0, 0.1) is 12.8 Å². The highest BCUT2D eigenvalue weighted by atomic mass is 16.5. The molecule has 7 nitrogen and oxygen atoms in total. The Balaban J connectivity index is 1.36. The summed E-state index contributed by atoms with van der Waals surface area (Å²) in [7, 11) is 0. The molecule has 0 spiro atoms. The lowest BCUT2D eigenvalue weighted by Gasteiger charge is -2.36. The molecule has 0 bridgehead atoms. The first kappa shape index (κ1) is 21.2. The second-order valence-corrected chi connectivity index (χ2v) is 8.82. The minimum Gasteiger partial charge on any atom is -0.379 e. The second-order valence-electron chi connectivity index (χ2n) is 8.82. The van der Waals surface area contributed by atoms with Gasteiger partial charge in [0.05, 0.1) is 19.3 Å². The molecule has 1 aromatic heterocycles. The topological polar surface area (TPSA) is 66.0 Å². The first-order chi connectivity index (χ1) is 14.6. The Morgan fingerprint density at radius 3 is 2.67 bits per heavy atom. The standard InChI is InChI=1S/C23H34N4O3/c1-18-5-2-8-21(24-18)23(29)26-12-9-20(17-26)27(22(28)19-6-3-7-19)11-4-10-25-13-15-30-16-14-25/h2,5,8,19-20H,3-4,6-7,9-17H2,1H3. The molecule has 1 aliphatic carbocycles. The molecule has 30 heavy (non-hydrogen) atoms. The first-order valence-corrected chi connectivity index (χ1v) is 11.5. The predicted molar refractivity (Wildman–Crippen MR) is 114 cm³/mol. The number of likely N-dealkylation sites (tertiary alicyclic amines) is 1. The summed E-state index contributed by atoms with van der Waals surface area (Å²) < 4.78 is 5.43. The van der Waals surface area contributed by atoms with Crippen molar-refractivity contribution in [3.05, 3.63) is 29.6 Å². The fourth-order valence-electron chi connectivity index (χ4n) is 4.66. The van der Waals surface area contributed by atoms with Crippen LogP contribution in [0.5, 0.6) is 0 Å². The molecule has 2 saturated heterocycles. The van der Waals surface area contributed by atoms with Gasteiger partial charge in [-0.2, -0.15) is 0 Å². The van der Waals surface area contributed by atoms with Crippen LogP contribution in [0.3, 0.4) is 0 Å². The summed E-state index contributed by atoms with van der Waals surface area (Å²) in [5.41, 5.74) is 1.35. The predicted octanol–water partition coefficient (Wildman–Crippen LogP) is 1.96. The molecule has 3 fully saturated rings. The summed E-state index contributed by atoms with van der Waals surface area (Å²) in [6, 6.07) is 5.68. The Morgan fingerprint density at radius 1 is 1.17 bits per heavy atom. The second kappa shape index (κ2) is 9.88. The fourth-order valence-corrected chi connectivity index (χ4v) is 4.66. The number of carbonyl (C=O) groups is 2. The van der Waals surface area contributed by atoms with Crippen LogP contribution in [0.15, 0.2) is 18.2 Å². The zero-order valence-electron chi connectivity index (χ0n) is 18.1. The Kier molecular flexibility index (Phi) is 7.00. The number of hydrogen-bond donors (Lipinski definition) is 0. The number of aromatic nitrogens is 1. The Morgan fingerprint density at radius 2 is 1.97 bits per heavy atom. The van der Waals surface area contributed by atoms with Gasteiger partial charge in [-0.3, -0.25) is 14.5 Å². The van der Waals surface area contributed by atoms with E-state index in [1.165, 1.54) is 0 Å². The summed E-state index contributed by atoms with van der Waals surface area (Å²) in [4.78, 5) is 36.8. The van der Waals surface area contributed by atoms with E-state index in [0.717, 1.165) is 77.2 Å². The number of nitrogens with zero attached hydrogens (tertiary/aromatic N) is 4. The number of aryl methyl sites for hydroxylation is 1. The van der Waals surface area contributed by atoms with Crippen LogP contribution in [-0.2, 0) is 9.53 Å². The number of rotatable bonds is 7. The monoisotopic (exact) mass is 414 g/mol. The number of hydrogen-bond acceptors (Lipinski definition) is 5. The summed E-state index contributed by atoms with van der Waals surface area (Å²) in [6.07, 6.45) is 5.02. The molecule has 2 aliphatic heterocycles. The minimum absolute atomic E-state index is 0.0226. The molecule has 1 unspecified atom stereocenters. The molecule has 0 aromatic carbocycles. The quantitative estimate of drug-likeness (QED) is 0.682. The van der Waals surface area contributed by atoms with Gasteiger partial charge in [-0.05, 0) is 44.7 Å². The van der Waals surface area contributed by atoms with Crippen LogP contribution in [0.4, 0.5) is 0 Å². The van der Waals surface area contributed by atoms with Crippen LogP contribution in [-0.4, -0.2) is 90.0 Å². The molecule has 1 aromatic rings. The molecule has 7 heteroatoms. The number of ether oxygens (including phenoxy) is 1. The molecular formula is C23H34N4O3. The average Bonchev–Trinajstić information content (AvgIpc) is 3.20. The van der Waals surface area contributed by atoms with Gasteiger partial charge in [-0.15, -0.1) is 0 Å². The van der Waals surface area contributed by atoms with E-state index in [1.54, 1.807) is 6.07 Å². The van der Waals surface area contributed by atoms with Crippen LogP contribution in [0.25, 0.3) is 0 Å². The molecule has 1 saturated carbocycles. The van der Waals surface area contributed by atoms with Crippen molar-refractivity contribution in [3.63, 3.8) is 0 Å². The summed E-state index contributed by atoms with van der Waals surface area (Å²) in [5, 5.41) is 0. The van der Waals surface area contributed by atoms with E-state index in [0.29, 0.717) is 24.7 Å². The van der Waals surface area contributed by atoms with Gasteiger partial charge in [0.25, 0.3) is 5.91 Å². The summed E-state index contributed by atoms with van der Waals surface area (Å²) in [5.74, 6) is 0.471. The zero-order valence-corrected chi connectivity index (χ0v) is 18.1. The third kappa shape index (κ3) is 5.01. The molecule has 2 amide bonds. The SMILES string of the molecule is Cc1cccc(C(=O)N2CCC(N(CCCN3CCOCC3)C(=O)C3CCC3)C2)n1. The van der Waals surface area contributed by atoms with Crippen molar-refractivity contribution in [2.24, 2.45) is 5.92 Å². The zero-order chi connectivity index (χ0) is 20.9. The first-order valence-electron chi connectivity index (χ1n) is 11.5. The molecular weight excluding hydrogens is 380 g/mol. The Bertz CT molecular complexity index is 746. The van der Waals surface area contributed by atoms with Gasteiger partial charge in [0.1, 0.15) is 5.69 Å². The van der Waals surface area contributed by atoms with Gasteiger partial charge >= 0.3 is 0 Å². The van der Waals surface area contributed by atoms with Crippen molar-refractivity contribution in [2.75, 3.05) is 52.5 Å². The van der Waals surface area contributed by atoms with Crippen molar-refractivity contribution < 1.29 is 14.3 Å². The van der Waals surface area contributed by atoms with Crippen LogP contribution < -0.4 is 0 Å². The van der Waals surface area contributed by atoms with Crippen molar-refractivity contribution in [3.8, 4) is 0 Å². The molecule has 3 aliphatic rings. The van der Waals surface area contributed by atoms with E-state index < -0.39 is 0 Å². The highest BCUT2D eigenvalue weighted by Crippen LogP contribution is 2.30. The maximum Gasteiger partial charge on any atom is 0.272 e. The van der Waals surface area contributed by atoms with Gasteiger partial charge < -0.3 is 14.5 Å². The lowest BCUT2D eigenvalue weighted by atomic mass is 9.84. The lowest BCUT2D eigenvalue weighted by molar-refractivity contribution is -0.140. The maximum atomic E-state index is 13.2. The highest BCUT2D eigenvalue weighted by Gasteiger charge is 2.37. The third-order valence-corrected chi connectivity index (χ3v) is 6.71. The Labute approximate surface area is 179 Å². The average molecular weight is 415 g/mol. The number of amides is 2. The van der Waals surface area contributed by atoms with E-state index in [4.69, 9.17) is 4.74 Å². The van der Waals surface area contributed by atoms with Crippen molar-refractivity contribution in [2.45, 2.75) is 45.1 Å². The number of pyridine rings is 1. The van der Waals surface area contributed by atoms with Gasteiger partial charge in [-0.25, -0.2) is 4.98 Å². The fraction of sp³-hybridized carbons (Fsp3) is 0.696. The van der Waals surface area contributed by atoms with Crippen molar-refractivity contribution >= 4 is 11.8 Å². The van der Waals surface area contributed by atoms with Gasteiger partial charge in [0, 0.05) is 50.9 Å². The van der Waals surface area contributed by atoms with E-state index >= 15 is 0 Å². The van der Waals surface area contributed by atoms with Crippen LogP contribution >= 0.6 is 0 Å². The van der Waals surface area contributed by atoms with E-state index in [9.17, 15) is 9.59 Å². The smallest absolute Gasteiger partial charge is 0.272 e. The molecule has 4 rings (SSSR count). The minimum atomic E-state index is -0.0226. The molecule has 3 heterocycles. The van der Waals surface area contributed by atoms with Crippen molar-refractivity contribution in [1.29, 1.82) is 0 Å².